The molecule has 1 aromatic heterocycles. The van der Waals surface area contributed by atoms with Crippen molar-refractivity contribution < 1.29 is 14.3 Å². The van der Waals surface area contributed by atoms with Crippen molar-refractivity contribution in [3.05, 3.63) is 92.6 Å². The van der Waals surface area contributed by atoms with E-state index in [1.54, 1.807) is 48.5 Å². The topological polar surface area (TPSA) is 95.2 Å². The molecule has 3 heterocycles. The molecule has 0 spiro atoms. The summed E-state index contributed by atoms with van der Waals surface area (Å²) in [5.74, 6) is -0.813. The predicted octanol–water partition coefficient (Wildman–Crippen LogP) is 5.29. The fraction of sp³-hybridized carbons (Fsp3) is 0. The zero-order valence-electron chi connectivity index (χ0n) is 16.7. The number of ether oxygens (including phenoxy) is 1. The van der Waals surface area contributed by atoms with Crippen LogP contribution in [-0.4, -0.2) is 32.9 Å². The van der Waals surface area contributed by atoms with Crippen LogP contribution in [0.4, 0.5) is 0 Å². The highest BCUT2D eigenvalue weighted by atomic mass is 35.5. The Labute approximate surface area is 201 Å². The average Bonchev–Trinajstić information content (AvgIpc) is 3.47. The zero-order chi connectivity index (χ0) is 22.9. The van der Waals surface area contributed by atoms with Crippen molar-refractivity contribution in [2.24, 2.45) is 10.1 Å². The number of benzene rings is 2. The Hall–Kier alpha value is -3.53. The van der Waals surface area contributed by atoms with Gasteiger partial charge in [0.05, 0.1) is 16.0 Å². The second-order valence-electron chi connectivity index (χ2n) is 6.87. The Bertz CT molecular complexity index is 1380. The molecule has 33 heavy (non-hydrogen) atoms. The standard InChI is InChI=1S/C23H13ClN4O3S2/c24-15-8-6-14(7-9-15)22(30)31-16-4-1-3-13(11-16)12-17-19(25)28-23(26-20(17)29)33-21(27-28)18-5-2-10-32-18/h1-12,25H/b17-12-,25-19?. The van der Waals surface area contributed by atoms with Gasteiger partial charge in [-0.25, -0.2) is 4.79 Å². The number of nitrogens with one attached hydrogen (secondary N) is 1. The fourth-order valence-electron chi connectivity index (χ4n) is 3.08. The number of amides is 1. The number of halogens is 1. The first-order valence-electron chi connectivity index (χ1n) is 9.60. The Balaban J connectivity index is 1.38. The molecule has 0 fully saturated rings. The second kappa shape index (κ2) is 8.78. The van der Waals surface area contributed by atoms with Crippen LogP contribution in [0.3, 0.4) is 0 Å². The molecule has 2 aliphatic heterocycles. The molecule has 0 unspecified atom stereocenters. The molecule has 1 N–H and O–H groups in total. The lowest BCUT2D eigenvalue weighted by molar-refractivity contribution is -0.114. The third kappa shape index (κ3) is 4.38. The van der Waals surface area contributed by atoms with Crippen LogP contribution in [0, 0.1) is 5.41 Å². The van der Waals surface area contributed by atoms with Gasteiger partial charge in [-0.1, -0.05) is 29.8 Å². The molecule has 2 aromatic carbocycles. The van der Waals surface area contributed by atoms with E-state index >= 15 is 0 Å². The summed E-state index contributed by atoms with van der Waals surface area (Å²) < 4.78 is 5.44. The van der Waals surface area contributed by atoms with Gasteiger partial charge in [0.2, 0.25) is 5.17 Å². The van der Waals surface area contributed by atoms with Crippen LogP contribution in [-0.2, 0) is 4.79 Å². The van der Waals surface area contributed by atoms with Crippen molar-refractivity contribution in [3.63, 3.8) is 0 Å². The fourth-order valence-corrected chi connectivity index (χ4v) is 4.89. The number of hydrogen-bond donors (Lipinski definition) is 1. The molecule has 0 bridgehead atoms. The molecule has 3 aromatic rings. The van der Waals surface area contributed by atoms with Gasteiger partial charge in [-0.3, -0.25) is 10.2 Å². The number of fused-ring (bicyclic) bond motifs is 1. The molecule has 7 nitrogen and oxygen atoms in total. The number of rotatable bonds is 4. The summed E-state index contributed by atoms with van der Waals surface area (Å²) in [6.45, 7) is 0. The maximum absolute atomic E-state index is 12.6. The number of hydrogen-bond acceptors (Lipinski definition) is 7. The molecule has 0 saturated carbocycles. The third-order valence-electron chi connectivity index (χ3n) is 4.65. The van der Waals surface area contributed by atoms with Gasteiger partial charge in [0.25, 0.3) is 5.91 Å². The van der Waals surface area contributed by atoms with Crippen LogP contribution in [0.25, 0.3) is 6.08 Å². The Morgan fingerprint density at radius 3 is 2.70 bits per heavy atom. The number of nitrogens with zero attached hydrogens (tertiary/aromatic N) is 3. The molecule has 10 heteroatoms. The van der Waals surface area contributed by atoms with Gasteiger partial charge in [-0.15, -0.1) is 11.3 Å². The normalized spacial score (nSPS) is 16.5. The molecule has 0 aliphatic carbocycles. The molecule has 5 rings (SSSR count). The van der Waals surface area contributed by atoms with Gasteiger partial charge in [-0.2, -0.15) is 15.1 Å². The van der Waals surface area contributed by atoms with E-state index in [1.165, 1.54) is 34.2 Å². The minimum atomic E-state index is -0.531. The number of thiophene rings is 1. The van der Waals surface area contributed by atoms with E-state index in [9.17, 15) is 9.59 Å². The molecule has 0 saturated heterocycles. The van der Waals surface area contributed by atoms with E-state index in [0.29, 0.717) is 32.1 Å². The van der Waals surface area contributed by atoms with Crippen molar-refractivity contribution >= 4 is 68.7 Å². The number of carbonyl (C=O) groups is 2. The van der Waals surface area contributed by atoms with Crippen LogP contribution in [0.2, 0.25) is 5.02 Å². The van der Waals surface area contributed by atoms with E-state index in [0.717, 1.165) is 4.88 Å². The third-order valence-corrected chi connectivity index (χ3v) is 6.85. The summed E-state index contributed by atoms with van der Waals surface area (Å²) in [4.78, 5) is 30.1. The van der Waals surface area contributed by atoms with Gasteiger partial charge in [0, 0.05) is 5.02 Å². The molecular formula is C23H13ClN4O3S2. The van der Waals surface area contributed by atoms with Crippen LogP contribution in [0.5, 0.6) is 5.75 Å². The molecule has 0 atom stereocenters. The van der Waals surface area contributed by atoms with E-state index in [4.69, 9.17) is 21.7 Å². The highest BCUT2D eigenvalue weighted by Crippen LogP contribution is 2.32. The van der Waals surface area contributed by atoms with Crippen LogP contribution >= 0.6 is 34.7 Å². The maximum Gasteiger partial charge on any atom is 0.343 e. The van der Waals surface area contributed by atoms with Gasteiger partial charge in [0.15, 0.2) is 5.84 Å². The average molecular weight is 493 g/mol. The van der Waals surface area contributed by atoms with Crippen molar-refractivity contribution in [1.82, 2.24) is 5.01 Å². The van der Waals surface area contributed by atoms with Crippen molar-refractivity contribution in [2.75, 3.05) is 0 Å². The number of aliphatic imine (C=N–C) groups is 1. The summed E-state index contributed by atoms with van der Waals surface area (Å²) in [5, 5.41) is 17.8. The summed E-state index contributed by atoms with van der Waals surface area (Å²) in [5.41, 5.74) is 1.04. The van der Waals surface area contributed by atoms with E-state index in [-0.39, 0.29) is 11.4 Å². The largest absolute Gasteiger partial charge is 0.423 e. The Kier molecular flexibility index (Phi) is 5.67. The molecular weight excluding hydrogens is 480 g/mol. The van der Waals surface area contributed by atoms with E-state index in [2.05, 4.69) is 10.1 Å². The first-order chi connectivity index (χ1) is 16.0. The monoisotopic (exact) mass is 492 g/mol. The number of carbonyl (C=O) groups excluding carboxylic acids is 2. The maximum atomic E-state index is 12.6. The first-order valence-corrected chi connectivity index (χ1v) is 11.7. The molecule has 162 valence electrons. The minimum Gasteiger partial charge on any atom is -0.423 e. The smallest absolute Gasteiger partial charge is 0.343 e. The molecule has 0 radical (unpaired) electrons. The van der Waals surface area contributed by atoms with Crippen molar-refractivity contribution in [2.45, 2.75) is 0 Å². The Morgan fingerprint density at radius 2 is 1.94 bits per heavy atom. The number of esters is 1. The zero-order valence-corrected chi connectivity index (χ0v) is 19.1. The predicted molar refractivity (Wildman–Crippen MR) is 131 cm³/mol. The quantitative estimate of drug-likeness (QED) is 0.303. The van der Waals surface area contributed by atoms with Crippen LogP contribution in [0.1, 0.15) is 20.8 Å². The van der Waals surface area contributed by atoms with Crippen LogP contribution in [0.15, 0.2) is 81.7 Å². The van der Waals surface area contributed by atoms with Gasteiger partial charge >= 0.3 is 5.97 Å². The lowest BCUT2D eigenvalue weighted by atomic mass is 10.1. The summed E-state index contributed by atoms with van der Waals surface area (Å²) in [7, 11) is 0. The summed E-state index contributed by atoms with van der Waals surface area (Å²) >= 11 is 8.64. The van der Waals surface area contributed by atoms with E-state index < -0.39 is 11.9 Å². The van der Waals surface area contributed by atoms with Gasteiger partial charge < -0.3 is 4.74 Å². The summed E-state index contributed by atoms with van der Waals surface area (Å²) in [6.07, 6.45) is 1.54. The lowest BCUT2D eigenvalue weighted by Gasteiger charge is -2.20. The molecule has 1 amide bonds. The summed E-state index contributed by atoms with van der Waals surface area (Å²) in [6, 6.07) is 16.9. The minimum absolute atomic E-state index is 0.0624. The van der Waals surface area contributed by atoms with Crippen molar-refractivity contribution in [3.8, 4) is 5.75 Å². The molecule has 2 aliphatic rings. The Morgan fingerprint density at radius 1 is 1.12 bits per heavy atom. The van der Waals surface area contributed by atoms with E-state index in [1.807, 2.05) is 17.5 Å². The van der Waals surface area contributed by atoms with Gasteiger partial charge in [-0.05, 0) is 71.2 Å². The van der Waals surface area contributed by atoms with Crippen LogP contribution < -0.4 is 4.74 Å². The second-order valence-corrected chi connectivity index (χ2v) is 9.21. The number of thioether (sulfide) groups is 1. The number of amidine groups is 2. The van der Waals surface area contributed by atoms with Crippen molar-refractivity contribution in [1.29, 1.82) is 5.41 Å². The SMILES string of the molecule is N=C1/C(=C/c2cccc(OC(=O)c3ccc(Cl)cc3)c2)C(=O)N=C2SC(c3cccs3)=NN12. The highest BCUT2D eigenvalue weighted by molar-refractivity contribution is 8.27. The first kappa shape index (κ1) is 21.3. The number of hydrazone groups is 1. The highest BCUT2D eigenvalue weighted by Gasteiger charge is 2.36. The lowest BCUT2D eigenvalue weighted by Crippen LogP contribution is -2.35. The van der Waals surface area contributed by atoms with Gasteiger partial charge in [0.1, 0.15) is 10.8 Å².